The van der Waals surface area contributed by atoms with E-state index in [1.807, 2.05) is 12.1 Å². The zero-order valence-corrected chi connectivity index (χ0v) is 11.9. The Morgan fingerprint density at radius 1 is 1.21 bits per heavy atom. The van der Waals surface area contributed by atoms with Gasteiger partial charge in [0, 0.05) is 11.4 Å². The maximum absolute atomic E-state index is 8.76. The Bertz CT molecular complexity index is 539. The number of benzene rings is 1. The molecule has 98 valence electrons. The Hall–Kier alpha value is -1.63. The summed E-state index contributed by atoms with van der Waals surface area (Å²) in [4.78, 5) is 2.01. The summed E-state index contributed by atoms with van der Waals surface area (Å²) in [6, 6.07) is 16.7. The molecule has 1 aromatic carbocycles. The quantitative estimate of drug-likeness (QED) is 0.808. The SMILES string of the molecule is CC(CCNCc1ccc(C#N)s1)c1ccccc1. The molecule has 0 amide bonds. The van der Waals surface area contributed by atoms with E-state index in [4.69, 9.17) is 5.26 Å². The summed E-state index contributed by atoms with van der Waals surface area (Å²) in [6.07, 6.45) is 1.13. The monoisotopic (exact) mass is 270 g/mol. The number of nitrogens with one attached hydrogen (secondary N) is 1. The molecular weight excluding hydrogens is 252 g/mol. The molecule has 0 aliphatic heterocycles. The standard InChI is InChI=1S/C16H18N2S/c1-13(14-5-3-2-4-6-14)9-10-18-12-16-8-7-15(11-17)19-16/h2-8,13,18H,9-10,12H2,1H3. The van der Waals surface area contributed by atoms with Crippen molar-refractivity contribution in [1.29, 1.82) is 5.26 Å². The summed E-state index contributed by atoms with van der Waals surface area (Å²) in [5.74, 6) is 0.576. The first-order valence-corrected chi connectivity index (χ1v) is 7.35. The van der Waals surface area contributed by atoms with E-state index in [-0.39, 0.29) is 0 Å². The minimum absolute atomic E-state index is 0.576. The summed E-state index contributed by atoms with van der Waals surface area (Å²) in [5.41, 5.74) is 1.40. The highest BCUT2D eigenvalue weighted by Crippen LogP contribution is 2.18. The largest absolute Gasteiger partial charge is 0.312 e. The molecule has 0 bridgehead atoms. The molecule has 2 rings (SSSR count). The highest BCUT2D eigenvalue weighted by Gasteiger charge is 2.04. The van der Waals surface area contributed by atoms with Gasteiger partial charge in [0.1, 0.15) is 10.9 Å². The Balaban J connectivity index is 1.71. The van der Waals surface area contributed by atoms with Crippen molar-refractivity contribution < 1.29 is 0 Å². The number of thiophene rings is 1. The Labute approximate surface area is 118 Å². The lowest BCUT2D eigenvalue weighted by molar-refractivity contribution is 0.597. The number of nitriles is 1. The average Bonchev–Trinajstić information content (AvgIpc) is 2.92. The third-order valence-electron chi connectivity index (χ3n) is 3.19. The van der Waals surface area contributed by atoms with Gasteiger partial charge in [0.25, 0.3) is 0 Å². The first-order chi connectivity index (χ1) is 9.29. The molecule has 0 saturated heterocycles. The Kier molecular flexibility index (Phi) is 5.14. The zero-order chi connectivity index (χ0) is 13.5. The second kappa shape index (κ2) is 7.08. The fourth-order valence-electron chi connectivity index (χ4n) is 2.01. The van der Waals surface area contributed by atoms with Crippen molar-refractivity contribution >= 4 is 11.3 Å². The average molecular weight is 270 g/mol. The van der Waals surface area contributed by atoms with Gasteiger partial charge in [-0.1, -0.05) is 37.3 Å². The third-order valence-corrected chi connectivity index (χ3v) is 4.18. The third kappa shape index (κ3) is 4.20. The molecule has 0 aliphatic rings. The fraction of sp³-hybridized carbons (Fsp3) is 0.312. The van der Waals surface area contributed by atoms with Crippen molar-refractivity contribution in [3.8, 4) is 6.07 Å². The molecule has 0 aliphatic carbocycles. The van der Waals surface area contributed by atoms with Crippen LogP contribution in [0.5, 0.6) is 0 Å². The van der Waals surface area contributed by atoms with Gasteiger partial charge in [0.15, 0.2) is 0 Å². The van der Waals surface area contributed by atoms with Crippen LogP contribution in [0.15, 0.2) is 42.5 Å². The Morgan fingerprint density at radius 3 is 2.68 bits per heavy atom. The molecule has 2 nitrogen and oxygen atoms in total. The number of nitrogens with zero attached hydrogens (tertiary/aromatic N) is 1. The van der Waals surface area contributed by atoms with E-state index in [0.717, 1.165) is 24.4 Å². The van der Waals surface area contributed by atoms with E-state index >= 15 is 0 Å². The summed E-state index contributed by atoms with van der Waals surface area (Å²) in [5, 5.41) is 12.2. The van der Waals surface area contributed by atoms with Crippen LogP contribution < -0.4 is 5.32 Å². The van der Waals surface area contributed by atoms with Crippen LogP contribution in [-0.2, 0) is 6.54 Å². The second-order valence-corrected chi connectivity index (χ2v) is 5.82. The van der Waals surface area contributed by atoms with Crippen LogP contribution >= 0.6 is 11.3 Å². The van der Waals surface area contributed by atoms with Gasteiger partial charge in [0.2, 0.25) is 0 Å². The van der Waals surface area contributed by atoms with Crippen LogP contribution in [0, 0.1) is 11.3 Å². The van der Waals surface area contributed by atoms with Gasteiger partial charge in [-0.25, -0.2) is 0 Å². The molecule has 2 aromatic rings. The molecule has 1 atom stereocenters. The maximum atomic E-state index is 8.76. The van der Waals surface area contributed by atoms with E-state index in [9.17, 15) is 0 Å². The first-order valence-electron chi connectivity index (χ1n) is 6.54. The molecule has 0 spiro atoms. The van der Waals surface area contributed by atoms with Gasteiger partial charge < -0.3 is 5.32 Å². The Morgan fingerprint density at radius 2 is 2.00 bits per heavy atom. The predicted molar refractivity (Wildman–Crippen MR) is 80.2 cm³/mol. The van der Waals surface area contributed by atoms with Crippen molar-refractivity contribution in [2.45, 2.75) is 25.8 Å². The van der Waals surface area contributed by atoms with Crippen LogP contribution in [0.25, 0.3) is 0 Å². The number of rotatable bonds is 6. The van der Waals surface area contributed by atoms with Crippen LogP contribution in [0.4, 0.5) is 0 Å². The lowest BCUT2D eigenvalue weighted by Crippen LogP contribution is -2.15. The molecule has 19 heavy (non-hydrogen) atoms. The van der Waals surface area contributed by atoms with Crippen molar-refractivity contribution in [3.63, 3.8) is 0 Å². The fourth-order valence-corrected chi connectivity index (χ4v) is 2.79. The highest BCUT2D eigenvalue weighted by molar-refractivity contribution is 7.12. The van der Waals surface area contributed by atoms with E-state index < -0.39 is 0 Å². The van der Waals surface area contributed by atoms with Crippen molar-refractivity contribution in [3.05, 3.63) is 57.8 Å². The van der Waals surface area contributed by atoms with E-state index in [1.54, 1.807) is 11.3 Å². The molecular formula is C16H18N2S. The van der Waals surface area contributed by atoms with E-state index in [1.165, 1.54) is 10.4 Å². The smallest absolute Gasteiger partial charge is 0.110 e. The molecule has 1 aromatic heterocycles. The van der Waals surface area contributed by atoms with Crippen molar-refractivity contribution in [1.82, 2.24) is 5.32 Å². The van der Waals surface area contributed by atoms with Crippen LogP contribution in [0.2, 0.25) is 0 Å². The molecule has 1 unspecified atom stereocenters. The summed E-state index contributed by atoms with van der Waals surface area (Å²) in [6.45, 7) is 4.11. The lowest BCUT2D eigenvalue weighted by atomic mass is 9.98. The van der Waals surface area contributed by atoms with Crippen molar-refractivity contribution in [2.75, 3.05) is 6.54 Å². The molecule has 1 heterocycles. The van der Waals surface area contributed by atoms with E-state index in [0.29, 0.717) is 5.92 Å². The lowest BCUT2D eigenvalue weighted by Gasteiger charge is -2.12. The maximum Gasteiger partial charge on any atom is 0.110 e. The summed E-state index contributed by atoms with van der Waals surface area (Å²) >= 11 is 1.56. The van der Waals surface area contributed by atoms with Gasteiger partial charge in [0.05, 0.1) is 0 Å². The normalized spacial score (nSPS) is 12.0. The van der Waals surface area contributed by atoms with Gasteiger partial charge in [-0.3, -0.25) is 0 Å². The molecule has 3 heteroatoms. The molecule has 0 fully saturated rings. The first kappa shape index (κ1) is 13.8. The van der Waals surface area contributed by atoms with Crippen molar-refractivity contribution in [2.24, 2.45) is 0 Å². The number of hydrogen-bond acceptors (Lipinski definition) is 3. The second-order valence-electron chi connectivity index (χ2n) is 4.65. The van der Waals surface area contributed by atoms with Gasteiger partial charge in [-0.2, -0.15) is 5.26 Å². The van der Waals surface area contributed by atoms with Crippen LogP contribution in [-0.4, -0.2) is 6.54 Å². The minimum atomic E-state index is 0.576. The zero-order valence-electron chi connectivity index (χ0n) is 11.1. The molecule has 1 N–H and O–H groups in total. The van der Waals surface area contributed by atoms with Gasteiger partial charge >= 0.3 is 0 Å². The highest BCUT2D eigenvalue weighted by atomic mass is 32.1. The minimum Gasteiger partial charge on any atom is -0.312 e. The molecule has 0 saturated carbocycles. The van der Waals surface area contributed by atoms with Gasteiger partial charge in [-0.05, 0) is 36.6 Å². The van der Waals surface area contributed by atoms with E-state index in [2.05, 4.69) is 48.6 Å². The predicted octanol–water partition coefficient (Wildman–Crippen LogP) is 3.90. The number of hydrogen-bond donors (Lipinski definition) is 1. The van der Waals surface area contributed by atoms with Crippen LogP contribution in [0.3, 0.4) is 0 Å². The molecule has 0 radical (unpaired) electrons. The topological polar surface area (TPSA) is 35.8 Å². The van der Waals surface area contributed by atoms with Gasteiger partial charge in [-0.15, -0.1) is 11.3 Å². The van der Waals surface area contributed by atoms with Crippen LogP contribution in [0.1, 0.15) is 34.6 Å². The summed E-state index contributed by atoms with van der Waals surface area (Å²) in [7, 11) is 0. The summed E-state index contributed by atoms with van der Waals surface area (Å²) < 4.78 is 0.